The van der Waals surface area contributed by atoms with Crippen LogP contribution >= 0.6 is 0 Å². The van der Waals surface area contributed by atoms with E-state index in [1.54, 1.807) is 6.92 Å². The zero-order valence-corrected chi connectivity index (χ0v) is 11.1. The molecule has 2 rings (SSSR count). The van der Waals surface area contributed by atoms with Crippen molar-refractivity contribution in [1.29, 1.82) is 0 Å². The highest BCUT2D eigenvalue weighted by atomic mass is 16.4. The Balaban J connectivity index is 2.04. The zero-order chi connectivity index (χ0) is 13.0. The summed E-state index contributed by atoms with van der Waals surface area (Å²) in [7, 11) is 0. The average Bonchev–Trinajstić information content (AvgIpc) is 2.39. The predicted molar refractivity (Wildman–Crippen MR) is 72.8 cm³/mol. The number of carboxylic acid groups (broad SMARTS) is 1. The van der Waals surface area contributed by atoms with E-state index in [-0.39, 0.29) is 0 Å². The number of aliphatic carboxylic acids is 1. The second-order valence-corrected chi connectivity index (χ2v) is 5.51. The zero-order valence-electron chi connectivity index (χ0n) is 11.1. The van der Waals surface area contributed by atoms with Crippen molar-refractivity contribution in [1.82, 2.24) is 0 Å². The molecule has 1 N–H and O–H groups in total. The van der Waals surface area contributed by atoms with E-state index < -0.39 is 11.9 Å². The standard InChI is InChI=1S/C16H22O2/c1-12(16(17)18)15-9-5-8-14(11-15)10-13-6-3-2-4-7-13/h5,8-9,11-13H,2-4,6-7,10H2,1H3,(H,17,18). The normalized spacial score (nSPS) is 18.5. The van der Waals surface area contributed by atoms with Crippen LogP contribution in [0, 0.1) is 5.92 Å². The molecule has 0 amide bonds. The smallest absolute Gasteiger partial charge is 0.310 e. The van der Waals surface area contributed by atoms with Crippen LogP contribution < -0.4 is 0 Å². The molecule has 1 fully saturated rings. The van der Waals surface area contributed by atoms with E-state index in [4.69, 9.17) is 5.11 Å². The van der Waals surface area contributed by atoms with Crippen molar-refractivity contribution in [3.05, 3.63) is 35.4 Å². The molecule has 1 atom stereocenters. The van der Waals surface area contributed by atoms with Crippen LogP contribution in [0.5, 0.6) is 0 Å². The molecule has 2 nitrogen and oxygen atoms in total. The average molecular weight is 246 g/mol. The Morgan fingerprint density at radius 3 is 2.72 bits per heavy atom. The Bertz CT molecular complexity index is 405. The largest absolute Gasteiger partial charge is 0.481 e. The second-order valence-electron chi connectivity index (χ2n) is 5.51. The van der Waals surface area contributed by atoms with Gasteiger partial charge in [0.1, 0.15) is 0 Å². The van der Waals surface area contributed by atoms with Gasteiger partial charge in [0.05, 0.1) is 5.92 Å². The molecule has 1 aromatic carbocycles. The molecule has 0 aliphatic heterocycles. The van der Waals surface area contributed by atoms with Crippen LogP contribution in [-0.4, -0.2) is 11.1 Å². The first kappa shape index (κ1) is 13.1. The van der Waals surface area contributed by atoms with Gasteiger partial charge in [0.15, 0.2) is 0 Å². The van der Waals surface area contributed by atoms with Gasteiger partial charge in [0.2, 0.25) is 0 Å². The predicted octanol–water partition coefficient (Wildman–Crippen LogP) is 4.00. The molecule has 2 heteroatoms. The lowest BCUT2D eigenvalue weighted by Gasteiger charge is -2.21. The van der Waals surface area contributed by atoms with Gasteiger partial charge >= 0.3 is 5.97 Å². The lowest BCUT2D eigenvalue weighted by atomic mass is 9.84. The number of carbonyl (C=O) groups is 1. The summed E-state index contributed by atoms with van der Waals surface area (Å²) in [5.41, 5.74) is 2.23. The van der Waals surface area contributed by atoms with Crippen molar-refractivity contribution in [2.75, 3.05) is 0 Å². The molecule has 0 bridgehead atoms. The van der Waals surface area contributed by atoms with Gasteiger partial charge in [-0.2, -0.15) is 0 Å². The Morgan fingerprint density at radius 2 is 2.06 bits per heavy atom. The fraction of sp³-hybridized carbons (Fsp3) is 0.562. The quantitative estimate of drug-likeness (QED) is 0.872. The molecule has 0 spiro atoms. The van der Waals surface area contributed by atoms with E-state index in [0.29, 0.717) is 0 Å². The minimum atomic E-state index is -0.746. The number of hydrogen-bond acceptors (Lipinski definition) is 1. The molecule has 1 unspecified atom stereocenters. The number of carboxylic acids is 1. The Labute approximate surface area is 109 Å². The first-order valence-corrected chi connectivity index (χ1v) is 6.98. The van der Waals surface area contributed by atoms with E-state index in [1.165, 1.54) is 37.7 Å². The first-order chi connectivity index (χ1) is 8.66. The molecule has 0 aromatic heterocycles. The number of rotatable bonds is 4. The van der Waals surface area contributed by atoms with Crippen molar-refractivity contribution >= 4 is 5.97 Å². The van der Waals surface area contributed by atoms with Gasteiger partial charge in [-0.15, -0.1) is 0 Å². The highest BCUT2D eigenvalue weighted by Crippen LogP contribution is 2.27. The maximum atomic E-state index is 11.0. The number of benzene rings is 1. The fourth-order valence-electron chi connectivity index (χ4n) is 2.86. The van der Waals surface area contributed by atoms with E-state index in [1.807, 2.05) is 12.1 Å². The summed E-state index contributed by atoms with van der Waals surface area (Å²) in [4.78, 5) is 11.0. The van der Waals surface area contributed by atoms with Crippen LogP contribution in [0.15, 0.2) is 24.3 Å². The molecule has 1 aliphatic carbocycles. The SMILES string of the molecule is CC(C(=O)O)c1cccc(CC2CCCCC2)c1. The van der Waals surface area contributed by atoms with Crippen molar-refractivity contribution in [2.45, 2.75) is 51.4 Å². The molecule has 18 heavy (non-hydrogen) atoms. The third kappa shape index (κ3) is 3.34. The highest BCUT2D eigenvalue weighted by molar-refractivity contribution is 5.75. The van der Waals surface area contributed by atoms with Gasteiger partial charge in [-0.25, -0.2) is 0 Å². The van der Waals surface area contributed by atoms with E-state index >= 15 is 0 Å². The second kappa shape index (κ2) is 6.03. The minimum absolute atomic E-state index is 0.406. The van der Waals surface area contributed by atoms with Crippen molar-refractivity contribution < 1.29 is 9.90 Å². The Hall–Kier alpha value is -1.31. The van der Waals surface area contributed by atoms with Crippen LogP contribution in [0.1, 0.15) is 56.1 Å². The highest BCUT2D eigenvalue weighted by Gasteiger charge is 2.16. The first-order valence-electron chi connectivity index (χ1n) is 6.98. The molecule has 0 radical (unpaired) electrons. The molecule has 0 saturated heterocycles. The van der Waals surface area contributed by atoms with Gasteiger partial charge in [0.25, 0.3) is 0 Å². The lowest BCUT2D eigenvalue weighted by molar-refractivity contribution is -0.138. The summed E-state index contributed by atoms with van der Waals surface area (Å²) in [5, 5.41) is 9.05. The third-order valence-corrected chi connectivity index (χ3v) is 4.07. The van der Waals surface area contributed by atoms with Crippen LogP contribution in [0.3, 0.4) is 0 Å². The maximum absolute atomic E-state index is 11.0. The fourth-order valence-corrected chi connectivity index (χ4v) is 2.86. The number of hydrogen-bond donors (Lipinski definition) is 1. The van der Waals surface area contributed by atoms with Gasteiger partial charge in [0, 0.05) is 0 Å². The summed E-state index contributed by atoms with van der Waals surface area (Å²) < 4.78 is 0. The Morgan fingerprint density at radius 1 is 1.33 bits per heavy atom. The maximum Gasteiger partial charge on any atom is 0.310 e. The minimum Gasteiger partial charge on any atom is -0.481 e. The summed E-state index contributed by atoms with van der Waals surface area (Å²) in [6.45, 7) is 1.75. The Kier molecular flexibility index (Phi) is 4.40. The van der Waals surface area contributed by atoms with Crippen molar-refractivity contribution in [3.63, 3.8) is 0 Å². The van der Waals surface area contributed by atoms with E-state index in [9.17, 15) is 4.79 Å². The summed E-state index contributed by atoms with van der Waals surface area (Å²) in [5.74, 6) is -0.352. The van der Waals surface area contributed by atoms with E-state index in [0.717, 1.165) is 17.9 Å². The molecule has 98 valence electrons. The van der Waals surface area contributed by atoms with E-state index in [2.05, 4.69) is 12.1 Å². The summed E-state index contributed by atoms with van der Waals surface area (Å²) in [6, 6.07) is 8.12. The van der Waals surface area contributed by atoms with Crippen LogP contribution in [-0.2, 0) is 11.2 Å². The van der Waals surface area contributed by atoms with Gasteiger partial charge in [-0.05, 0) is 30.4 Å². The lowest BCUT2D eigenvalue weighted by Crippen LogP contribution is -2.11. The van der Waals surface area contributed by atoms with Crippen LogP contribution in [0.2, 0.25) is 0 Å². The molecule has 1 aromatic rings. The third-order valence-electron chi connectivity index (χ3n) is 4.07. The topological polar surface area (TPSA) is 37.3 Å². The molecule has 1 saturated carbocycles. The van der Waals surface area contributed by atoms with Crippen molar-refractivity contribution in [2.24, 2.45) is 5.92 Å². The summed E-state index contributed by atoms with van der Waals surface area (Å²) in [6.07, 6.45) is 7.87. The molecular formula is C16H22O2. The summed E-state index contributed by atoms with van der Waals surface area (Å²) >= 11 is 0. The molecule has 0 heterocycles. The molecule has 1 aliphatic rings. The van der Waals surface area contributed by atoms with Crippen LogP contribution in [0.4, 0.5) is 0 Å². The van der Waals surface area contributed by atoms with Gasteiger partial charge in [-0.3, -0.25) is 4.79 Å². The van der Waals surface area contributed by atoms with Crippen molar-refractivity contribution in [3.8, 4) is 0 Å². The van der Waals surface area contributed by atoms with Gasteiger partial charge < -0.3 is 5.11 Å². The van der Waals surface area contributed by atoms with Crippen LogP contribution in [0.25, 0.3) is 0 Å². The monoisotopic (exact) mass is 246 g/mol. The van der Waals surface area contributed by atoms with Gasteiger partial charge in [-0.1, -0.05) is 56.4 Å². The molecular weight excluding hydrogens is 224 g/mol.